The lowest BCUT2D eigenvalue weighted by Crippen LogP contribution is -2.41. The molecule has 15 heavy (non-hydrogen) atoms. The highest BCUT2D eigenvalue weighted by molar-refractivity contribution is 5.78. The molecule has 2 heteroatoms. The zero-order valence-corrected chi connectivity index (χ0v) is 10.4. The van der Waals surface area contributed by atoms with E-state index in [2.05, 4.69) is 32.6 Å². The van der Waals surface area contributed by atoms with Crippen LogP contribution in [0.4, 0.5) is 0 Å². The second-order valence-electron chi connectivity index (χ2n) is 6.01. The molecule has 86 valence electrons. The lowest BCUT2D eigenvalue weighted by atomic mass is 9.99. The topological polar surface area (TPSA) is 20.3 Å². The maximum atomic E-state index is 12.1. The van der Waals surface area contributed by atoms with Crippen molar-refractivity contribution in [2.24, 2.45) is 17.8 Å². The van der Waals surface area contributed by atoms with E-state index in [4.69, 9.17) is 0 Å². The molecule has 0 N–H and O–H groups in total. The Morgan fingerprint density at radius 1 is 1.27 bits per heavy atom. The van der Waals surface area contributed by atoms with Gasteiger partial charge in [-0.25, -0.2) is 0 Å². The van der Waals surface area contributed by atoms with Gasteiger partial charge < -0.3 is 4.90 Å². The van der Waals surface area contributed by atoms with Crippen LogP contribution in [0, 0.1) is 17.8 Å². The van der Waals surface area contributed by atoms with E-state index < -0.39 is 0 Å². The Labute approximate surface area is 93.0 Å². The maximum Gasteiger partial charge on any atom is 0.223 e. The maximum absolute atomic E-state index is 12.1. The third-order valence-corrected chi connectivity index (χ3v) is 3.78. The third kappa shape index (κ3) is 2.04. The fourth-order valence-corrected chi connectivity index (χ4v) is 2.91. The van der Waals surface area contributed by atoms with Crippen LogP contribution in [-0.2, 0) is 4.79 Å². The normalized spacial score (nSPS) is 33.7. The van der Waals surface area contributed by atoms with Gasteiger partial charge >= 0.3 is 0 Å². The highest BCUT2D eigenvalue weighted by Gasteiger charge is 2.54. The number of hydrogen-bond acceptors (Lipinski definition) is 1. The minimum absolute atomic E-state index is 0.397. The van der Waals surface area contributed by atoms with Crippen molar-refractivity contribution in [2.75, 3.05) is 0 Å². The Bertz CT molecular complexity index is 259. The van der Waals surface area contributed by atoms with Crippen LogP contribution in [0.2, 0.25) is 0 Å². The van der Waals surface area contributed by atoms with Crippen molar-refractivity contribution in [3.8, 4) is 0 Å². The standard InChI is InChI=1S/C13H23NO/c1-8(2)5-13(15)14-11(9(3)4)6-10-7-12(10)14/h8-12H,5-7H2,1-4H3. The van der Waals surface area contributed by atoms with E-state index in [1.165, 1.54) is 12.8 Å². The second kappa shape index (κ2) is 3.80. The third-order valence-electron chi connectivity index (χ3n) is 3.78. The molecule has 2 fully saturated rings. The summed E-state index contributed by atoms with van der Waals surface area (Å²) in [6.07, 6.45) is 3.26. The molecular weight excluding hydrogens is 186 g/mol. The Hall–Kier alpha value is -0.530. The van der Waals surface area contributed by atoms with Crippen LogP contribution in [0.25, 0.3) is 0 Å². The number of nitrogens with zero attached hydrogens (tertiary/aromatic N) is 1. The molecule has 1 aliphatic heterocycles. The fourth-order valence-electron chi connectivity index (χ4n) is 2.91. The van der Waals surface area contributed by atoms with Crippen LogP contribution in [0.15, 0.2) is 0 Å². The molecule has 0 aromatic heterocycles. The van der Waals surface area contributed by atoms with Gasteiger partial charge in [-0.1, -0.05) is 27.7 Å². The van der Waals surface area contributed by atoms with Gasteiger partial charge in [0.25, 0.3) is 0 Å². The van der Waals surface area contributed by atoms with E-state index in [0.29, 0.717) is 29.8 Å². The minimum Gasteiger partial charge on any atom is -0.336 e. The van der Waals surface area contributed by atoms with Gasteiger partial charge in [-0.3, -0.25) is 4.79 Å². The first-order chi connectivity index (χ1) is 7.00. The highest BCUT2D eigenvalue weighted by Crippen LogP contribution is 2.49. The van der Waals surface area contributed by atoms with Crippen LogP contribution >= 0.6 is 0 Å². The molecule has 0 aromatic rings. The molecule has 1 amide bonds. The molecule has 2 rings (SSSR count). The monoisotopic (exact) mass is 209 g/mol. The van der Waals surface area contributed by atoms with Gasteiger partial charge in [0.15, 0.2) is 0 Å². The van der Waals surface area contributed by atoms with E-state index in [-0.39, 0.29) is 0 Å². The Kier molecular flexibility index (Phi) is 2.78. The van der Waals surface area contributed by atoms with Crippen LogP contribution in [0.5, 0.6) is 0 Å². The number of carbonyl (C=O) groups is 1. The molecule has 3 atom stereocenters. The molecule has 1 heterocycles. The van der Waals surface area contributed by atoms with Gasteiger partial charge in [0.1, 0.15) is 0 Å². The summed E-state index contributed by atoms with van der Waals surface area (Å²) < 4.78 is 0. The van der Waals surface area contributed by atoms with E-state index in [1.807, 2.05) is 0 Å². The van der Waals surface area contributed by atoms with Crippen LogP contribution in [0.3, 0.4) is 0 Å². The number of rotatable bonds is 3. The van der Waals surface area contributed by atoms with Crippen molar-refractivity contribution in [3.05, 3.63) is 0 Å². The van der Waals surface area contributed by atoms with Gasteiger partial charge in [-0.15, -0.1) is 0 Å². The van der Waals surface area contributed by atoms with E-state index >= 15 is 0 Å². The van der Waals surface area contributed by atoms with Crippen molar-refractivity contribution in [2.45, 2.75) is 59.0 Å². The van der Waals surface area contributed by atoms with E-state index in [1.54, 1.807) is 0 Å². The molecule has 0 aromatic carbocycles. The first-order valence-corrected chi connectivity index (χ1v) is 6.31. The molecule has 2 nitrogen and oxygen atoms in total. The second-order valence-corrected chi connectivity index (χ2v) is 6.01. The Morgan fingerprint density at radius 2 is 1.93 bits per heavy atom. The van der Waals surface area contributed by atoms with E-state index in [0.717, 1.165) is 12.3 Å². The summed E-state index contributed by atoms with van der Waals surface area (Å²) in [5.74, 6) is 2.35. The van der Waals surface area contributed by atoms with E-state index in [9.17, 15) is 4.79 Å². The minimum atomic E-state index is 0.397. The zero-order valence-electron chi connectivity index (χ0n) is 10.4. The van der Waals surface area contributed by atoms with Crippen molar-refractivity contribution < 1.29 is 4.79 Å². The summed E-state index contributed by atoms with van der Waals surface area (Å²) in [5.41, 5.74) is 0. The number of fused-ring (bicyclic) bond motifs is 1. The number of carbonyl (C=O) groups excluding carboxylic acids is 1. The molecular formula is C13H23NO. The number of piperidine rings is 1. The predicted octanol–water partition coefficient (Wildman–Crippen LogP) is 2.68. The van der Waals surface area contributed by atoms with Gasteiger partial charge in [-0.2, -0.15) is 0 Å². The average molecular weight is 209 g/mol. The van der Waals surface area contributed by atoms with Crippen LogP contribution in [0.1, 0.15) is 47.0 Å². The number of hydrogen-bond donors (Lipinski definition) is 0. The molecule has 2 aliphatic rings. The number of likely N-dealkylation sites (tertiary alicyclic amines) is 1. The van der Waals surface area contributed by atoms with Crippen LogP contribution < -0.4 is 0 Å². The lowest BCUT2D eigenvalue weighted by Gasteiger charge is -2.31. The smallest absolute Gasteiger partial charge is 0.223 e. The zero-order chi connectivity index (χ0) is 11.2. The number of amides is 1. The quantitative estimate of drug-likeness (QED) is 0.700. The van der Waals surface area contributed by atoms with Gasteiger partial charge in [0.2, 0.25) is 5.91 Å². The van der Waals surface area contributed by atoms with Crippen molar-refractivity contribution in [3.63, 3.8) is 0 Å². The van der Waals surface area contributed by atoms with Crippen molar-refractivity contribution in [1.29, 1.82) is 0 Å². The average Bonchev–Trinajstić information content (AvgIpc) is 2.75. The summed E-state index contributed by atoms with van der Waals surface area (Å²) >= 11 is 0. The molecule has 1 saturated carbocycles. The molecule has 0 bridgehead atoms. The first-order valence-electron chi connectivity index (χ1n) is 6.31. The molecule has 0 radical (unpaired) electrons. The summed E-state index contributed by atoms with van der Waals surface area (Å²) in [6, 6.07) is 1.14. The SMILES string of the molecule is CC(C)CC(=O)N1C(C(C)C)CC2CC21. The first kappa shape index (κ1) is 11.0. The largest absolute Gasteiger partial charge is 0.336 e. The van der Waals surface area contributed by atoms with Crippen molar-refractivity contribution in [1.82, 2.24) is 4.90 Å². The van der Waals surface area contributed by atoms with Gasteiger partial charge in [-0.05, 0) is 30.6 Å². The summed E-state index contributed by atoms with van der Waals surface area (Å²) in [6.45, 7) is 8.74. The Morgan fingerprint density at radius 3 is 2.47 bits per heavy atom. The van der Waals surface area contributed by atoms with Gasteiger partial charge in [0, 0.05) is 18.5 Å². The molecule has 1 saturated heterocycles. The van der Waals surface area contributed by atoms with Crippen LogP contribution in [-0.4, -0.2) is 22.9 Å². The summed E-state index contributed by atoms with van der Waals surface area (Å²) in [7, 11) is 0. The Balaban J connectivity index is 2.02. The van der Waals surface area contributed by atoms with Crippen molar-refractivity contribution >= 4 is 5.91 Å². The molecule has 0 spiro atoms. The molecule has 1 aliphatic carbocycles. The summed E-state index contributed by atoms with van der Waals surface area (Å²) in [4.78, 5) is 14.4. The highest BCUT2D eigenvalue weighted by atomic mass is 16.2. The summed E-state index contributed by atoms with van der Waals surface area (Å²) in [5, 5.41) is 0. The predicted molar refractivity (Wildman–Crippen MR) is 61.4 cm³/mol. The fraction of sp³-hybridized carbons (Fsp3) is 0.923. The molecule has 3 unspecified atom stereocenters. The van der Waals surface area contributed by atoms with Gasteiger partial charge in [0.05, 0.1) is 0 Å². The lowest BCUT2D eigenvalue weighted by molar-refractivity contribution is -0.134.